The Kier molecular flexibility index (Phi) is 3.98. The number of thiophene rings is 1. The van der Waals surface area contributed by atoms with Gasteiger partial charge in [0.2, 0.25) is 0 Å². The van der Waals surface area contributed by atoms with Crippen LogP contribution in [0.2, 0.25) is 0 Å². The van der Waals surface area contributed by atoms with Gasteiger partial charge in [-0.3, -0.25) is 0 Å². The molecule has 0 unspecified atom stereocenters. The van der Waals surface area contributed by atoms with Gasteiger partial charge in [-0.15, -0.1) is 11.3 Å². The molecule has 0 aliphatic carbocycles. The molecule has 1 aliphatic rings. The predicted molar refractivity (Wildman–Crippen MR) is 85.9 cm³/mol. The number of hydrogen-bond donors (Lipinski definition) is 0. The minimum atomic E-state index is -0.367. The maximum absolute atomic E-state index is 12.0. The summed E-state index contributed by atoms with van der Waals surface area (Å²) in [6, 6.07) is 9.24. The summed E-state index contributed by atoms with van der Waals surface area (Å²) in [5, 5.41) is 1.96. The second kappa shape index (κ2) is 6.07. The Morgan fingerprint density at radius 2 is 2.05 bits per heavy atom. The normalized spacial score (nSPS) is 15.6. The van der Waals surface area contributed by atoms with Gasteiger partial charge >= 0.3 is 5.97 Å². The molecule has 0 amide bonds. The van der Waals surface area contributed by atoms with Crippen LogP contribution < -0.4 is 9.47 Å². The number of cyclic esters (lactones) is 1. The Balaban J connectivity index is 2.01. The SMILES string of the molecule is COc1ccc(OC)c(C2=C/C(=C/c3cccs3)C(=O)O2)c1. The molecule has 0 bridgehead atoms. The first-order valence-electron chi connectivity index (χ1n) is 6.63. The summed E-state index contributed by atoms with van der Waals surface area (Å²) in [6.07, 6.45) is 3.53. The molecule has 112 valence electrons. The number of benzene rings is 1. The molecule has 0 saturated heterocycles. The van der Waals surface area contributed by atoms with Crippen LogP contribution in [-0.2, 0) is 9.53 Å². The third-order valence-corrected chi connectivity index (χ3v) is 4.06. The lowest BCUT2D eigenvalue weighted by Crippen LogP contribution is -1.98. The zero-order valence-electron chi connectivity index (χ0n) is 12.2. The van der Waals surface area contributed by atoms with Crippen LogP contribution >= 0.6 is 11.3 Å². The van der Waals surface area contributed by atoms with E-state index in [0.29, 0.717) is 28.4 Å². The summed E-state index contributed by atoms with van der Waals surface area (Å²) in [5.74, 6) is 1.39. The van der Waals surface area contributed by atoms with E-state index >= 15 is 0 Å². The molecule has 1 aromatic carbocycles. The standard InChI is InChI=1S/C17H14O4S/c1-19-12-5-6-15(20-2)14(10-12)16-9-11(17(18)21-16)8-13-4-3-7-22-13/h3-10H,1-2H3/b11-8-. The van der Waals surface area contributed by atoms with E-state index in [-0.39, 0.29) is 5.97 Å². The van der Waals surface area contributed by atoms with Crippen LogP contribution in [0.5, 0.6) is 11.5 Å². The van der Waals surface area contributed by atoms with E-state index in [1.807, 2.05) is 23.6 Å². The Morgan fingerprint density at radius 3 is 2.73 bits per heavy atom. The van der Waals surface area contributed by atoms with Gasteiger partial charge in [-0.05, 0) is 41.8 Å². The number of ether oxygens (including phenoxy) is 3. The van der Waals surface area contributed by atoms with Crippen molar-refractivity contribution in [3.05, 3.63) is 57.8 Å². The van der Waals surface area contributed by atoms with E-state index in [1.54, 1.807) is 49.8 Å². The van der Waals surface area contributed by atoms with Crippen molar-refractivity contribution in [1.29, 1.82) is 0 Å². The summed E-state index contributed by atoms with van der Waals surface area (Å²) in [5.41, 5.74) is 1.20. The second-order valence-electron chi connectivity index (χ2n) is 4.58. The molecular weight excluding hydrogens is 300 g/mol. The van der Waals surface area contributed by atoms with Gasteiger partial charge in [0, 0.05) is 4.88 Å². The van der Waals surface area contributed by atoms with Crippen molar-refractivity contribution >= 4 is 29.1 Å². The molecule has 2 heterocycles. The summed E-state index contributed by atoms with van der Waals surface area (Å²) in [7, 11) is 3.16. The predicted octanol–water partition coefficient (Wildman–Crippen LogP) is 3.75. The van der Waals surface area contributed by atoms with Crippen molar-refractivity contribution in [2.45, 2.75) is 0 Å². The number of carbonyl (C=O) groups excluding carboxylic acids is 1. The number of methoxy groups -OCH3 is 2. The van der Waals surface area contributed by atoms with Gasteiger partial charge in [0.1, 0.15) is 17.3 Å². The van der Waals surface area contributed by atoms with Crippen molar-refractivity contribution < 1.29 is 19.0 Å². The van der Waals surface area contributed by atoms with Crippen LogP contribution in [0, 0.1) is 0 Å². The van der Waals surface area contributed by atoms with Crippen LogP contribution in [0.3, 0.4) is 0 Å². The van der Waals surface area contributed by atoms with Crippen molar-refractivity contribution in [3.8, 4) is 11.5 Å². The van der Waals surface area contributed by atoms with Crippen LogP contribution in [-0.4, -0.2) is 20.2 Å². The minimum absolute atomic E-state index is 0.367. The molecule has 3 rings (SSSR count). The van der Waals surface area contributed by atoms with Crippen LogP contribution in [0.1, 0.15) is 10.4 Å². The van der Waals surface area contributed by atoms with Gasteiger partial charge in [0.15, 0.2) is 0 Å². The summed E-state index contributed by atoms with van der Waals surface area (Å²) in [4.78, 5) is 13.0. The molecule has 1 aromatic heterocycles. The van der Waals surface area contributed by atoms with Gasteiger partial charge in [0.05, 0.1) is 25.4 Å². The lowest BCUT2D eigenvalue weighted by Gasteiger charge is -2.10. The Bertz CT molecular complexity index is 757. The molecular formula is C17H14O4S. The lowest BCUT2D eigenvalue weighted by atomic mass is 10.1. The van der Waals surface area contributed by atoms with Gasteiger partial charge in [-0.25, -0.2) is 4.79 Å². The van der Waals surface area contributed by atoms with E-state index in [1.165, 1.54) is 0 Å². The Morgan fingerprint density at radius 1 is 1.18 bits per heavy atom. The van der Waals surface area contributed by atoms with E-state index in [0.717, 1.165) is 4.88 Å². The summed E-state index contributed by atoms with van der Waals surface area (Å²) in [6.45, 7) is 0. The average Bonchev–Trinajstić information content (AvgIpc) is 3.17. The van der Waals surface area contributed by atoms with Gasteiger partial charge < -0.3 is 14.2 Å². The van der Waals surface area contributed by atoms with Crippen LogP contribution in [0.15, 0.2) is 47.4 Å². The van der Waals surface area contributed by atoms with Gasteiger partial charge in [-0.2, -0.15) is 0 Å². The third-order valence-electron chi connectivity index (χ3n) is 3.24. The fraction of sp³-hybridized carbons (Fsp3) is 0.118. The largest absolute Gasteiger partial charge is 0.497 e. The maximum atomic E-state index is 12.0. The highest BCUT2D eigenvalue weighted by Gasteiger charge is 2.24. The summed E-state index contributed by atoms with van der Waals surface area (Å²) < 4.78 is 15.9. The van der Waals surface area contributed by atoms with E-state index in [4.69, 9.17) is 14.2 Å². The quantitative estimate of drug-likeness (QED) is 0.637. The number of carbonyl (C=O) groups is 1. The lowest BCUT2D eigenvalue weighted by molar-refractivity contribution is -0.130. The molecule has 1 aliphatic heterocycles. The highest BCUT2D eigenvalue weighted by atomic mass is 32.1. The molecule has 0 atom stereocenters. The molecule has 4 nitrogen and oxygen atoms in total. The second-order valence-corrected chi connectivity index (χ2v) is 5.56. The van der Waals surface area contributed by atoms with E-state index in [2.05, 4.69) is 0 Å². The average molecular weight is 314 g/mol. The molecule has 0 N–H and O–H groups in total. The fourth-order valence-corrected chi connectivity index (χ4v) is 2.82. The highest BCUT2D eigenvalue weighted by Crippen LogP contribution is 2.35. The van der Waals surface area contributed by atoms with Gasteiger partial charge in [0.25, 0.3) is 0 Å². The smallest absolute Gasteiger partial charge is 0.343 e. The topological polar surface area (TPSA) is 44.8 Å². The third kappa shape index (κ3) is 2.76. The first-order chi connectivity index (χ1) is 10.7. The molecule has 5 heteroatoms. The van der Waals surface area contributed by atoms with Gasteiger partial charge in [-0.1, -0.05) is 6.07 Å². The fourth-order valence-electron chi connectivity index (χ4n) is 2.16. The Hall–Kier alpha value is -2.53. The minimum Gasteiger partial charge on any atom is -0.497 e. The molecule has 2 aromatic rings. The molecule has 0 saturated carbocycles. The maximum Gasteiger partial charge on any atom is 0.343 e. The van der Waals surface area contributed by atoms with E-state index in [9.17, 15) is 4.79 Å². The Labute approximate surface area is 132 Å². The zero-order valence-corrected chi connectivity index (χ0v) is 13.0. The van der Waals surface area contributed by atoms with Crippen molar-refractivity contribution in [1.82, 2.24) is 0 Å². The molecule has 0 radical (unpaired) electrons. The molecule has 0 spiro atoms. The zero-order chi connectivity index (χ0) is 15.5. The van der Waals surface area contributed by atoms with Crippen LogP contribution in [0.4, 0.5) is 0 Å². The first-order valence-corrected chi connectivity index (χ1v) is 7.50. The molecule has 22 heavy (non-hydrogen) atoms. The van der Waals surface area contributed by atoms with E-state index < -0.39 is 0 Å². The van der Waals surface area contributed by atoms with Crippen molar-refractivity contribution in [2.75, 3.05) is 14.2 Å². The highest BCUT2D eigenvalue weighted by molar-refractivity contribution is 7.10. The van der Waals surface area contributed by atoms with Crippen LogP contribution in [0.25, 0.3) is 11.8 Å². The monoisotopic (exact) mass is 314 g/mol. The number of esters is 1. The van der Waals surface area contributed by atoms with Crippen molar-refractivity contribution in [3.63, 3.8) is 0 Å². The summed E-state index contributed by atoms with van der Waals surface area (Å²) >= 11 is 1.56. The van der Waals surface area contributed by atoms with Crippen molar-refractivity contribution in [2.24, 2.45) is 0 Å². The number of hydrogen-bond acceptors (Lipinski definition) is 5. The molecule has 0 fully saturated rings. The number of rotatable bonds is 4. The first kappa shape index (κ1) is 14.4.